The summed E-state index contributed by atoms with van der Waals surface area (Å²) < 4.78 is 0. The molecular weight excluding hydrogens is 314 g/mol. The molecule has 2 fully saturated rings. The van der Waals surface area contributed by atoms with Gasteiger partial charge in [-0.2, -0.15) is 0 Å². The molecule has 1 atom stereocenters. The van der Waals surface area contributed by atoms with Gasteiger partial charge < -0.3 is 9.80 Å². The number of hydrogen-bond acceptors (Lipinski definition) is 5. The highest BCUT2D eigenvalue weighted by Gasteiger charge is 2.42. The summed E-state index contributed by atoms with van der Waals surface area (Å²) in [5, 5.41) is 0. The molecular formula is C19H23N5O. The first-order valence-corrected chi connectivity index (χ1v) is 8.94. The third-order valence-electron chi connectivity index (χ3n) is 5.32. The van der Waals surface area contributed by atoms with E-state index in [1.54, 1.807) is 18.6 Å². The average molecular weight is 337 g/mol. The van der Waals surface area contributed by atoms with Gasteiger partial charge in [-0.3, -0.25) is 9.78 Å². The average Bonchev–Trinajstić information content (AvgIpc) is 2.67. The number of carbonyl (C=O) groups is 1. The van der Waals surface area contributed by atoms with Gasteiger partial charge >= 0.3 is 0 Å². The van der Waals surface area contributed by atoms with Crippen LogP contribution in [0.4, 0.5) is 5.95 Å². The van der Waals surface area contributed by atoms with E-state index in [2.05, 4.69) is 19.9 Å². The van der Waals surface area contributed by atoms with Crippen molar-refractivity contribution in [1.29, 1.82) is 0 Å². The van der Waals surface area contributed by atoms with Crippen molar-refractivity contribution in [3.63, 3.8) is 0 Å². The molecule has 2 aromatic rings. The van der Waals surface area contributed by atoms with Crippen molar-refractivity contribution in [1.82, 2.24) is 19.9 Å². The Morgan fingerprint density at radius 2 is 1.84 bits per heavy atom. The zero-order valence-corrected chi connectivity index (χ0v) is 14.3. The quantitative estimate of drug-likeness (QED) is 0.860. The van der Waals surface area contributed by atoms with Crippen molar-refractivity contribution in [3.8, 4) is 0 Å². The summed E-state index contributed by atoms with van der Waals surface area (Å²) in [5.74, 6) is 1.04. The Morgan fingerprint density at radius 1 is 1.00 bits per heavy atom. The molecule has 2 aliphatic heterocycles. The number of anilines is 1. The summed E-state index contributed by atoms with van der Waals surface area (Å²) in [6.45, 7) is 3.30. The lowest BCUT2D eigenvalue weighted by molar-refractivity contribution is -0.138. The minimum atomic E-state index is 0.139. The van der Waals surface area contributed by atoms with Gasteiger partial charge in [0.05, 0.1) is 12.2 Å². The molecule has 2 saturated heterocycles. The molecule has 6 nitrogen and oxygen atoms in total. The molecule has 4 heterocycles. The van der Waals surface area contributed by atoms with Gasteiger partial charge in [-0.1, -0.05) is 6.07 Å². The molecule has 0 radical (unpaired) electrons. The van der Waals surface area contributed by atoms with Crippen molar-refractivity contribution in [2.45, 2.75) is 32.2 Å². The maximum Gasteiger partial charge on any atom is 0.225 e. The fourth-order valence-electron chi connectivity index (χ4n) is 4.10. The second-order valence-corrected chi connectivity index (χ2v) is 7.14. The highest BCUT2D eigenvalue weighted by atomic mass is 16.2. The number of carbonyl (C=O) groups excluding carboxylic acids is 1. The van der Waals surface area contributed by atoms with E-state index >= 15 is 0 Å². The Morgan fingerprint density at radius 3 is 2.64 bits per heavy atom. The Balaban J connectivity index is 1.50. The van der Waals surface area contributed by atoms with Gasteiger partial charge in [0.25, 0.3) is 0 Å². The smallest absolute Gasteiger partial charge is 0.225 e. The number of aromatic nitrogens is 3. The molecule has 0 bridgehead atoms. The number of amides is 1. The molecule has 1 spiro atoms. The fourth-order valence-corrected chi connectivity index (χ4v) is 4.10. The molecule has 4 rings (SSSR count). The Hall–Kier alpha value is -2.50. The first kappa shape index (κ1) is 16.0. The van der Waals surface area contributed by atoms with Gasteiger partial charge in [-0.05, 0) is 37.5 Å². The SMILES string of the molecule is O=C1CC[C@]2(CCCN(c3ncccn3)C2)CN1Cc1ccccn1. The second kappa shape index (κ2) is 6.78. The van der Waals surface area contributed by atoms with E-state index in [0.29, 0.717) is 13.0 Å². The van der Waals surface area contributed by atoms with Crippen molar-refractivity contribution in [2.24, 2.45) is 5.41 Å². The van der Waals surface area contributed by atoms with E-state index in [1.807, 2.05) is 29.2 Å². The minimum absolute atomic E-state index is 0.139. The van der Waals surface area contributed by atoms with E-state index in [0.717, 1.165) is 50.5 Å². The number of piperidine rings is 2. The summed E-state index contributed by atoms with van der Waals surface area (Å²) in [7, 11) is 0. The first-order valence-electron chi connectivity index (χ1n) is 8.94. The molecule has 1 amide bonds. The summed E-state index contributed by atoms with van der Waals surface area (Å²) >= 11 is 0. The van der Waals surface area contributed by atoms with Crippen LogP contribution in [0, 0.1) is 5.41 Å². The van der Waals surface area contributed by atoms with Crippen LogP contribution < -0.4 is 4.90 Å². The zero-order chi connectivity index (χ0) is 17.1. The molecule has 0 unspecified atom stereocenters. The summed E-state index contributed by atoms with van der Waals surface area (Å²) in [4.78, 5) is 29.9. The summed E-state index contributed by atoms with van der Waals surface area (Å²) in [6, 6.07) is 7.71. The highest BCUT2D eigenvalue weighted by Crippen LogP contribution is 2.39. The van der Waals surface area contributed by atoms with Crippen LogP contribution in [0.5, 0.6) is 0 Å². The summed E-state index contributed by atoms with van der Waals surface area (Å²) in [6.07, 6.45) is 9.22. The lowest BCUT2D eigenvalue weighted by atomic mass is 9.73. The Labute approximate surface area is 147 Å². The largest absolute Gasteiger partial charge is 0.340 e. The van der Waals surface area contributed by atoms with Gasteiger partial charge in [-0.25, -0.2) is 9.97 Å². The molecule has 25 heavy (non-hydrogen) atoms. The van der Waals surface area contributed by atoms with E-state index in [4.69, 9.17) is 0 Å². The molecule has 2 aliphatic rings. The fraction of sp³-hybridized carbons (Fsp3) is 0.474. The van der Waals surface area contributed by atoms with Crippen LogP contribution in [0.15, 0.2) is 42.9 Å². The van der Waals surface area contributed by atoms with Gasteiger partial charge in [0, 0.05) is 50.1 Å². The first-order chi connectivity index (χ1) is 12.2. The summed E-state index contributed by atoms with van der Waals surface area (Å²) in [5.41, 5.74) is 1.09. The molecule has 0 aliphatic carbocycles. The highest BCUT2D eigenvalue weighted by molar-refractivity contribution is 5.77. The second-order valence-electron chi connectivity index (χ2n) is 7.14. The molecule has 0 N–H and O–H groups in total. The van der Waals surface area contributed by atoms with Crippen LogP contribution in [0.1, 0.15) is 31.4 Å². The van der Waals surface area contributed by atoms with Crippen LogP contribution in [0.25, 0.3) is 0 Å². The standard InChI is InChI=1S/C19H23N5O/c25-17-6-8-19(15-24(17)13-16-5-1-2-9-20-16)7-3-12-23(14-19)18-21-10-4-11-22-18/h1-2,4-5,9-11H,3,6-8,12-15H2/t19-/m0/s1. The van der Waals surface area contributed by atoms with Crippen LogP contribution in [0.2, 0.25) is 0 Å². The van der Waals surface area contributed by atoms with E-state index in [1.165, 1.54) is 0 Å². The van der Waals surface area contributed by atoms with Crippen molar-refractivity contribution in [3.05, 3.63) is 48.5 Å². The van der Waals surface area contributed by atoms with Crippen LogP contribution in [-0.2, 0) is 11.3 Å². The Bertz CT molecular complexity index is 723. The number of nitrogens with zero attached hydrogens (tertiary/aromatic N) is 5. The Kier molecular flexibility index (Phi) is 4.34. The van der Waals surface area contributed by atoms with Crippen molar-refractivity contribution in [2.75, 3.05) is 24.5 Å². The predicted molar refractivity (Wildman–Crippen MR) is 94.8 cm³/mol. The maximum atomic E-state index is 12.4. The maximum absolute atomic E-state index is 12.4. The number of likely N-dealkylation sites (tertiary alicyclic amines) is 1. The van der Waals surface area contributed by atoms with Crippen LogP contribution in [0.3, 0.4) is 0 Å². The van der Waals surface area contributed by atoms with E-state index in [-0.39, 0.29) is 11.3 Å². The molecule has 0 saturated carbocycles. The molecule has 6 heteroatoms. The minimum Gasteiger partial charge on any atom is -0.340 e. The van der Waals surface area contributed by atoms with Crippen LogP contribution >= 0.6 is 0 Å². The predicted octanol–water partition coefficient (Wildman–Crippen LogP) is 2.28. The molecule has 130 valence electrons. The molecule has 0 aromatic carbocycles. The van der Waals surface area contributed by atoms with Gasteiger partial charge in [0.15, 0.2) is 0 Å². The third kappa shape index (κ3) is 3.48. The van der Waals surface area contributed by atoms with E-state index < -0.39 is 0 Å². The van der Waals surface area contributed by atoms with Crippen molar-refractivity contribution >= 4 is 11.9 Å². The number of pyridine rings is 1. The topological polar surface area (TPSA) is 62.2 Å². The van der Waals surface area contributed by atoms with Gasteiger partial charge in [-0.15, -0.1) is 0 Å². The zero-order valence-electron chi connectivity index (χ0n) is 14.3. The van der Waals surface area contributed by atoms with Crippen LogP contribution in [-0.4, -0.2) is 45.4 Å². The van der Waals surface area contributed by atoms with E-state index in [9.17, 15) is 4.79 Å². The normalized spacial score (nSPS) is 23.9. The monoisotopic (exact) mass is 337 g/mol. The number of hydrogen-bond donors (Lipinski definition) is 0. The van der Waals surface area contributed by atoms with Gasteiger partial charge in [0.2, 0.25) is 11.9 Å². The van der Waals surface area contributed by atoms with Gasteiger partial charge in [0.1, 0.15) is 0 Å². The van der Waals surface area contributed by atoms with Crippen molar-refractivity contribution < 1.29 is 4.79 Å². The molecule has 2 aromatic heterocycles. The third-order valence-corrected chi connectivity index (χ3v) is 5.32. The number of rotatable bonds is 3. The lowest BCUT2D eigenvalue weighted by Gasteiger charge is -2.48. The lowest BCUT2D eigenvalue weighted by Crippen LogP contribution is -2.54.